The molecule has 0 saturated carbocycles. The average molecular weight is 282 g/mol. The molecule has 2 atom stereocenters. The van der Waals surface area contributed by atoms with Gasteiger partial charge < -0.3 is 15.5 Å². The quantitative estimate of drug-likeness (QED) is 0.636. The average Bonchev–Trinajstić information content (AvgIpc) is 2.91. The normalized spacial score (nSPS) is 20.7. The monoisotopic (exact) mass is 282 g/mol. The van der Waals surface area contributed by atoms with Gasteiger partial charge in [0.15, 0.2) is 12.6 Å². The molecule has 2 rings (SSSR count). The molecule has 3 N–H and O–H groups in total. The Kier molecular flexibility index (Phi) is 4.93. The molecular weight excluding hydrogens is 262 g/mol. The molecule has 0 spiro atoms. The van der Waals surface area contributed by atoms with E-state index >= 15 is 0 Å². The maximum absolute atomic E-state index is 12.0. The highest BCUT2D eigenvalue weighted by Crippen LogP contribution is 2.07. The van der Waals surface area contributed by atoms with Crippen LogP contribution in [0.5, 0.6) is 0 Å². The van der Waals surface area contributed by atoms with Crippen LogP contribution in [0.2, 0.25) is 0 Å². The fraction of sp³-hybridized carbons (Fsp3) is 0.538. The smallest absolute Gasteiger partial charge is 0.278 e. The lowest BCUT2D eigenvalue weighted by atomic mass is 10.2. The zero-order chi connectivity index (χ0) is 13.7. The number of thiophene rings is 1. The second-order valence-electron chi connectivity index (χ2n) is 4.78. The molecule has 6 heteroatoms. The Morgan fingerprint density at radius 3 is 3.16 bits per heavy atom. The molecule has 2 heterocycles. The summed E-state index contributed by atoms with van der Waals surface area (Å²) in [7, 11) is 0. The van der Waals surface area contributed by atoms with Crippen LogP contribution in [-0.4, -0.2) is 44.0 Å². The van der Waals surface area contributed by atoms with Crippen LogP contribution in [0.15, 0.2) is 17.5 Å². The van der Waals surface area contributed by atoms with Gasteiger partial charge in [0, 0.05) is 11.4 Å². The number of nitrogens with one attached hydrogen (secondary N) is 3. The van der Waals surface area contributed by atoms with E-state index in [2.05, 4.69) is 16.7 Å². The third-order valence-corrected chi connectivity index (χ3v) is 4.35. The number of piperazine rings is 1. The minimum Gasteiger partial charge on any atom is -0.351 e. The second-order valence-corrected chi connectivity index (χ2v) is 5.81. The number of hydrogen-bond donors (Lipinski definition) is 3. The van der Waals surface area contributed by atoms with E-state index in [9.17, 15) is 9.59 Å². The molecule has 5 nitrogen and oxygen atoms in total. The van der Waals surface area contributed by atoms with E-state index in [1.54, 1.807) is 11.3 Å². The molecule has 0 radical (unpaired) electrons. The highest BCUT2D eigenvalue weighted by Gasteiger charge is 2.29. The van der Waals surface area contributed by atoms with E-state index in [0.717, 1.165) is 17.9 Å². The molecule has 2 amide bonds. The predicted octanol–water partition coefficient (Wildman–Crippen LogP) is -1.19. The third-order valence-electron chi connectivity index (χ3n) is 3.41. The summed E-state index contributed by atoms with van der Waals surface area (Å²) in [5.74, 6) is 0.0562. The van der Waals surface area contributed by atoms with Gasteiger partial charge in [-0.25, -0.2) is 0 Å². The predicted molar refractivity (Wildman–Crippen MR) is 74.2 cm³/mol. The van der Waals surface area contributed by atoms with Crippen molar-refractivity contribution in [3.05, 3.63) is 22.4 Å². The van der Waals surface area contributed by atoms with Crippen LogP contribution in [0.3, 0.4) is 0 Å². The molecule has 0 bridgehead atoms. The van der Waals surface area contributed by atoms with Crippen molar-refractivity contribution in [2.45, 2.75) is 19.4 Å². The standard InChI is InChI=1S/C13H19N3O2S/c1-10(16-7-6-14-12(17)9-16)13(18)15-5-4-11-3-2-8-19-11/h2-3,8,10H,4-7,9H2,1H3,(H,14,17)(H,15,18)/p+1/t10-/m0/s1. The molecule has 104 valence electrons. The Labute approximate surface area is 117 Å². The first-order valence-electron chi connectivity index (χ1n) is 6.58. The number of hydrogen-bond acceptors (Lipinski definition) is 3. The van der Waals surface area contributed by atoms with Crippen LogP contribution >= 0.6 is 11.3 Å². The van der Waals surface area contributed by atoms with E-state index in [0.29, 0.717) is 19.6 Å². The molecule has 1 fully saturated rings. The Bertz CT molecular complexity index is 433. The summed E-state index contributed by atoms with van der Waals surface area (Å²) < 4.78 is 0. The molecule has 0 aromatic carbocycles. The van der Waals surface area contributed by atoms with Gasteiger partial charge in [0.1, 0.15) is 0 Å². The summed E-state index contributed by atoms with van der Waals surface area (Å²) in [6.07, 6.45) is 0.867. The number of carbonyl (C=O) groups excluding carboxylic acids is 2. The first-order chi connectivity index (χ1) is 9.16. The number of carbonyl (C=O) groups is 2. The summed E-state index contributed by atoms with van der Waals surface area (Å²) in [4.78, 5) is 25.6. The number of quaternary nitrogens is 1. The third kappa shape index (κ3) is 4.04. The van der Waals surface area contributed by atoms with Crippen molar-refractivity contribution in [1.82, 2.24) is 10.6 Å². The minimum absolute atomic E-state index is 0.0273. The highest BCUT2D eigenvalue weighted by molar-refractivity contribution is 7.09. The van der Waals surface area contributed by atoms with Gasteiger partial charge in [-0.2, -0.15) is 0 Å². The highest BCUT2D eigenvalue weighted by atomic mass is 32.1. The van der Waals surface area contributed by atoms with Crippen LogP contribution in [-0.2, 0) is 16.0 Å². The van der Waals surface area contributed by atoms with Crippen LogP contribution in [0, 0.1) is 0 Å². The van der Waals surface area contributed by atoms with Gasteiger partial charge in [-0.1, -0.05) is 6.07 Å². The first-order valence-corrected chi connectivity index (χ1v) is 7.46. The van der Waals surface area contributed by atoms with E-state index in [1.165, 1.54) is 4.88 Å². The van der Waals surface area contributed by atoms with Crippen LogP contribution in [0.25, 0.3) is 0 Å². The fourth-order valence-corrected chi connectivity index (χ4v) is 2.90. The van der Waals surface area contributed by atoms with Crippen molar-refractivity contribution in [2.24, 2.45) is 0 Å². The molecule has 1 saturated heterocycles. The van der Waals surface area contributed by atoms with E-state index < -0.39 is 0 Å². The van der Waals surface area contributed by atoms with Crippen molar-refractivity contribution in [3.8, 4) is 0 Å². The largest absolute Gasteiger partial charge is 0.351 e. The summed E-state index contributed by atoms with van der Waals surface area (Å²) >= 11 is 1.70. The molecular formula is C13H20N3O2S+. The Balaban J connectivity index is 1.74. The van der Waals surface area contributed by atoms with Gasteiger partial charge in [0.2, 0.25) is 0 Å². The van der Waals surface area contributed by atoms with Gasteiger partial charge in [0.05, 0.1) is 13.1 Å². The Morgan fingerprint density at radius 1 is 1.63 bits per heavy atom. The summed E-state index contributed by atoms with van der Waals surface area (Å²) in [5.41, 5.74) is 0. The van der Waals surface area contributed by atoms with Crippen LogP contribution in [0.1, 0.15) is 11.8 Å². The SMILES string of the molecule is C[C@@H](C(=O)NCCc1cccs1)[NH+]1CCNC(=O)C1. The summed E-state index contributed by atoms with van der Waals surface area (Å²) in [6.45, 7) is 4.39. The van der Waals surface area contributed by atoms with Gasteiger partial charge >= 0.3 is 0 Å². The minimum atomic E-state index is -0.172. The van der Waals surface area contributed by atoms with Gasteiger partial charge in [-0.15, -0.1) is 11.3 Å². The number of rotatable bonds is 5. The molecule has 19 heavy (non-hydrogen) atoms. The molecule has 1 aliphatic rings. The topological polar surface area (TPSA) is 62.6 Å². The van der Waals surface area contributed by atoms with Gasteiger partial charge in [-0.05, 0) is 24.8 Å². The maximum atomic E-state index is 12.0. The zero-order valence-electron chi connectivity index (χ0n) is 11.1. The van der Waals surface area contributed by atoms with Crippen molar-refractivity contribution in [2.75, 3.05) is 26.2 Å². The van der Waals surface area contributed by atoms with Gasteiger partial charge in [-0.3, -0.25) is 9.59 Å². The summed E-state index contributed by atoms with van der Waals surface area (Å²) in [6, 6.07) is 3.91. The lowest BCUT2D eigenvalue weighted by Crippen LogP contribution is -3.19. The van der Waals surface area contributed by atoms with E-state index in [-0.39, 0.29) is 17.9 Å². The van der Waals surface area contributed by atoms with Crippen molar-refractivity contribution in [3.63, 3.8) is 0 Å². The fourth-order valence-electron chi connectivity index (χ4n) is 2.19. The van der Waals surface area contributed by atoms with E-state index in [1.807, 2.05) is 18.4 Å². The van der Waals surface area contributed by atoms with Crippen LogP contribution in [0.4, 0.5) is 0 Å². The van der Waals surface area contributed by atoms with Gasteiger partial charge in [0.25, 0.3) is 11.8 Å². The zero-order valence-corrected chi connectivity index (χ0v) is 11.9. The van der Waals surface area contributed by atoms with Crippen molar-refractivity contribution in [1.29, 1.82) is 0 Å². The molecule has 1 aliphatic heterocycles. The first kappa shape index (κ1) is 14.0. The van der Waals surface area contributed by atoms with Crippen molar-refractivity contribution >= 4 is 23.2 Å². The Morgan fingerprint density at radius 2 is 2.47 bits per heavy atom. The lowest BCUT2D eigenvalue weighted by Gasteiger charge is -2.28. The maximum Gasteiger partial charge on any atom is 0.278 e. The molecule has 0 aliphatic carbocycles. The molecule has 1 aromatic heterocycles. The van der Waals surface area contributed by atoms with Crippen LogP contribution < -0.4 is 15.5 Å². The Hall–Kier alpha value is -1.40. The van der Waals surface area contributed by atoms with Crippen molar-refractivity contribution < 1.29 is 14.5 Å². The number of amides is 2. The molecule has 1 unspecified atom stereocenters. The molecule has 1 aromatic rings. The second kappa shape index (κ2) is 6.68. The van der Waals surface area contributed by atoms with E-state index in [4.69, 9.17) is 0 Å². The summed E-state index contributed by atoms with van der Waals surface area (Å²) in [5, 5.41) is 7.76. The lowest BCUT2D eigenvalue weighted by molar-refractivity contribution is -0.907.